The minimum Gasteiger partial charge on any atom is -0.493 e. The number of benzene rings is 3. The molecule has 0 aliphatic heterocycles. The molecular formula is C27H28O4. The number of carbonyl (C=O) groups is 1. The van der Waals surface area contributed by atoms with Crippen LogP contribution in [0.2, 0.25) is 0 Å². The van der Waals surface area contributed by atoms with E-state index >= 15 is 0 Å². The molecule has 0 amide bonds. The summed E-state index contributed by atoms with van der Waals surface area (Å²) in [5, 5.41) is 9.23. The predicted molar refractivity (Wildman–Crippen MR) is 122 cm³/mol. The van der Waals surface area contributed by atoms with Crippen LogP contribution in [0, 0.1) is 0 Å². The van der Waals surface area contributed by atoms with Crippen molar-refractivity contribution in [2.45, 2.75) is 45.1 Å². The second-order valence-electron chi connectivity index (χ2n) is 7.96. The number of fused-ring (bicyclic) bond motifs is 1. The summed E-state index contributed by atoms with van der Waals surface area (Å²) in [7, 11) is 0. The van der Waals surface area contributed by atoms with Crippen LogP contribution >= 0.6 is 0 Å². The monoisotopic (exact) mass is 416 g/mol. The molecule has 0 spiro atoms. The van der Waals surface area contributed by atoms with Gasteiger partial charge in [0.15, 0.2) is 0 Å². The van der Waals surface area contributed by atoms with E-state index in [-0.39, 0.29) is 12.3 Å². The summed E-state index contributed by atoms with van der Waals surface area (Å²) < 4.78 is 11.8. The van der Waals surface area contributed by atoms with Crippen LogP contribution in [0.15, 0.2) is 66.7 Å². The molecule has 4 rings (SSSR count). The maximum atomic E-state index is 11.2. The average Bonchev–Trinajstić information content (AvgIpc) is 2.79. The molecule has 3 aromatic rings. The highest BCUT2D eigenvalue weighted by atomic mass is 16.5. The molecule has 0 saturated heterocycles. The Morgan fingerprint density at radius 2 is 1.84 bits per heavy atom. The lowest BCUT2D eigenvalue weighted by molar-refractivity contribution is -0.137. The summed E-state index contributed by atoms with van der Waals surface area (Å²) in [6.07, 6.45) is 3.16. The molecule has 3 aromatic carbocycles. The molecule has 160 valence electrons. The summed E-state index contributed by atoms with van der Waals surface area (Å²) in [5.41, 5.74) is 5.66. The lowest BCUT2D eigenvalue weighted by Gasteiger charge is -2.25. The fraction of sp³-hybridized carbons (Fsp3) is 0.296. The maximum Gasteiger partial charge on any atom is 0.303 e. The summed E-state index contributed by atoms with van der Waals surface area (Å²) >= 11 is 0. The number of rotatable bonds is 8. The van der Waals surface area contributed by atoms with Gasteiger partial charge in [-0.1, -0.05) is 48.5 Å². The molecule has 0 radical (unpaired) electrons. The first kappa shape index (κ1) is 21.0. The highest BCUT2D eigenvalue weighted by Crippen LogP contribution is 2.36. The number of aryl methyl sites for hydroxylation is 1. The standard InChI is InChI=1S/C27H28O4/c1-2-30-26-9-4-3-8-24(26)21-12-10-19(11-13-21)18-31-23-15-14-20-6-5-7-22(16-27(28)29)25(20)17-23/h3-4,8-15,17,22H,2,5-7,16,18H2,1H3,(H,28,29). The van der Waals surface area contributed by atoms with Crippen LogP contribution in [0.4, 0.5) is 0 Å². The van der Waals surface area contributed by atoms with Gasteiger partial charge in [-0.05, 0) is 72.6 Å². The molecule has 1 atom stereocenters. The van der Waals surface area contributed by atoms with E-state index in [4.69, 9.17) is 9.47 Å². The summed E-state index contributed by atoms with van der Waals surface area (Å²) in [6, 6.07) is 22.5. The van der Waals surface area contributed by atoms with E-state index < -0.39 is 5.97 Å². The van der Waals surface area contributed by atoms with E-state index in [2.05, 4.69) is 36.4 Å². The van der Waals surface area contributed by atoms with Gasteiger partial charge in [0.25, 0.3) is 0 Å². The van der Waals surface area contributed by atoms with E-state index in [1.54, 1.807) is 0 Å². The first-order valence-electron chi connectivity index (χ1n) is 10.9. The molecule has 4 heteroatoms. The van der Waals surface area contributed by atoms with E-state index in [1.807, 2.05) is 37.3 Å². The van der Waals surface area contributed by atoms with E-state index in [9.17, 15) is 9.90 Å². The third kappa shape index (κ3) is 5.08. The van der Waals surface area contributed by atoms with Crippen LogP contribution < -0.4 is 9.47 Å². The number of carboxylic acids is 1. The number of aliphatic carboxylic acids is 1. The predicted octanol–water partition coefficient (Wildman–Crippen LogP) is 6.23. The van der Waals surface area contributed by atoms with E-state index in [1.165, 1.54) is 5.56 Å². The Labute approximate surface area is 183 Å². The van der Waals surface area contributed by atoms with Crippen molar-refractivity contribution in [3.63, 3.8) is 0 Å². The van der Waals surface area contributed by atoms with Gasteiger partial charge >= 0.3 is 5.97 Å². The van der Waals surface area contributed by atoms with Gasteiger partial charge < -0.3 is 14.6 Å². The summed E-state index contributed by atoms with van der Waals surface area (Å²) in [4.78, 5) is 11.2. The van der Waals surface area contributed by atoms with Crippen LogP contribution in [0.5, 0.6) is 11.5 Å². The molecule has 0 saturated carbocycles. The van der Waals surface area contributed by atoms with Gasteiger partial charge in [-0.15, -0.1) is 0 Å². The fourth-order valence-corrected chi connectivity index (χ4v) is 4.32. The minimum absolute atomic E-state index is 0.0782. The third-order valence-electron chi connectivity index (χ3n) is 5.83. The number of para-hydroxylation sites is 1. The highest BCUT2D eigenvalue weighted by molar-refractivity contribution is 5.70. The zero-order chi connectivity index (χ0) is 21.6. The summed E-state index contributed by atoms with van der Waals surface area (Å²) in [5.74, 6) is 1.02. The van der Waals surface area contributed by atoms with Crippen molar-refractivity contribution in [3.8, 4) is 22.6 Å². The third-order valence-corrected chi connectivity index (χ3v) is 5.83. The van der Waals surface area contributed by atoms with Crippen LogP contribution in [-0.4, -0.2) is 17.7 Å². The molecule has 1 N–H and O–H groups in total. The van der Waals surface area contributed by atoms with Crippen LogP contribution in [0.1, 0.15) is 48.8 Å². The van der Waals surface area contributed by atoms with Gasteiger partial charge in [0.1, 0.15) is 18.1 Å². The molecule has 0 aromatic heterocycles. The smallest absolute Gasteiger partial charge is 0.303 e. The second-order valence-corrected chi connectivity index (χ2v) is 7.96. The Kier molecular flexibility index (Phi) is 6.56. The van der Waals surface area contributed by atoms with Crippen LogP contribution in [-0.2, 0) is 17.8 Å². The first-order valence-corrected chi connectivity index (χ1v) is 10.9. The Balaban J connectivity index is 1.45. The van der Waals surface area contributed by atoms with Gasteiger partial charge in [-0.3, -0.25) is 4.79 Å². The maximum absolute atomic E-state index is 11.2. The average molecular weight is 417 g/mol. The van der Waals surface area contributed by atoms with Crippen molar-refractivity contribution < 1.29 is 19.4 Å². The highest BCUT2D eigenvalue weighted by Gasteiger charge is 2.23. The summed E-state index contributed by atoms with van der Waals surface area (Å²) in [6.45, 7) is 3.09. The van der Waals surface area contributed by atoms with Gasteiger partial charge in [0.05, 0.1) is 13.0 Å². The SMILES string of the molecule is CCOc1ccccc1-c1ccc(COc2ccc3c(c2)C(CC(=O)O)CCC3)cc1. The Morgan fingerprint density at radius 3 is 2.61 bits per heavy atom. The van der Waals surface area contributed by atoms with E-state index in [0.29, 0.717) is 13.2 Å². The quantitative estimate of drug-likeness (QED) is 0.473. The van der Waals surface area contributed by atoms with Crippen molar-refractivity contribution in [3.05, 3.63) is 83.4 Å². The molecule has 1 unspecified atom stereocenters. The molecular weight excluding hydrogens is 388 g/mol. The number of hydrogen-bond acceptors (Lipinski definition) is 3. The zero-order valence-electron chi connectivity index (χ0n) is 17.8. The van der Waals surface area contributed by atoms with Gasteiger partial charge in [-0.2, -0.15) is 0 Å². The molecule has 1 aliphatic carbocycles. The Bertz CT molecular complexity index is 1040. The fourth-order valence-electron chi connectivity index (χ4n) is 4.32. The van der Waals surface area contributed by atoms with Gasteiger partial charge in [0, 0.05) is 5.56 Å². The largest absolute Gasteiger partial charge is 0.493 e. The van der Waals surface area contributed by atoms with Crippen molar-refractivity contribution in [1.29, 1.82) is 0 Å². The van der Waals surface area contributed by atoms with Crippen LogP contribution in [0.3, 0.4) is 0 Å². The molecule has 31 heavy (non-hydrogen) atoms. The molecule has 1 aliphatic rings. The lowest BCUT2D eigenvalue weighted by atomic mass is 9.81. The topological polar surface area (TPSA) is 55.8 Å². The molecule has 0 fully saturated rings. The molecule has 0 bridgehead atoms. The lowest BCUT2D eigenvalue weighted by Crippen LogP contribution is -2.13. The molecule has 0 heterocycles. The normalized spacial score (nSPS) is 15.2. The second kappa shape index (κ2) is 9.69. The van der Waals surface area contributed by atoms with Crippen molar-refractivity contribution in [2.24, 2.45) is 0 Å². The van der Waals surface area contributed by atoms with E-state index in [0.717, 1.165) is 53.0 Å². The zero-order valence-corrected chi connectivity index (χ0v) is 17.8. The van der Waals surface area contributed by atoms with Crippen molar-refractivity contribution in [1.82, 2.24) is 0 Å². The first-order chi connectivity index (χ1) is 15.1. The Morgan fingerprint density at radius 1 is 1.03 bits per heavy atom. The molecule has 4 nitrogen and oxygen atoms in total. The number of ether oxygens (including phenoxy) is 2. The number of hydrogen-bond donors (Lipinski definition) is 1. The van der Waals surface area contributed by atoms with Crippen molar-refractivity contribution >= 4 is 5.97 Å². The van der Waals surface area contributed by atoms with Crippen molar-refractivity contribution in [2.75, 3.05) is 6.61 Å². The number of carboxylic acid groups (broad SMARTS) is 1. The van der Waals surface area contributed by atoms with Gasteiger partial charge in [0.2, 0.25) is 0 Å². The van der Waals surface area contributed by atoms with Gasteiger partial charge in [-0.25, -0.2) is 0 Å². The van der Waals surface area contributed by atoms with Crippen LogP contribution in [0.25, 0.3) is 11.1 Å². The Hall–Kier alpha value is -3.27. The minimum atomic E-state index is -0.741.